The molecule has 0 saturated carbocycles. The molecule has 8 heteroatoms. The highest BCUT2D eigenvalue weighted by molar-refractivity contribution is 5.79. The van der Waals surface area contributed by atoms with E-state index in [1.54, 1.807) is 18.4 Å². The van der Waals surface area contributed by atoms with Crippen molar-refractivity contribution >= 4 is 17.3 Å². The molecule has 160 valence electrons. The number of nitro groups is 1. The van der Waals surface area contributed by atoms with E-state index in [2.05, 4.69) is 10.2 Å². The van der Waals surface area contributed by atoms with Crippen LogP contribution in [0.1, 0.15) is 37.5 Å². The fourth-order valence-electron chi connectivity index (χ4n) is 4.55. The van der Waals surface area contributed by atoms with Gasteiger partial charge in [-0.3, -0.25) is 19.8 Å². The molecule has 1 aromatic heterocycles. The second-order valence-corrected chi connectivity index (χ2v) is 8.03. The summed E-state index contributed by atoms with van der Waals surface area (Å²) in [6.07, 6.45) is 5.41. The van der Waals surface area contributed by atoms with Crippen LogP contribution in [0.5, 0.6) is 0 Å². The number of rotatable bonds is 7. The quantitative estimate of drug-likeness (QED) is 0.554. The predicted octanol–water partition coefficient (Wildman–Crippen LogP) is 3.36. The van der Waals surface area contributed by atoms with E-state index in [-0.39, 0.29) is 28.5 Å². The lowest BCUT2D eigenvalue weighted by molar-refractivity contribution is -0.384. The molecule has 0 aliphatic carbocycles. The molecule has 3 heterocycles. The summed E-state index contributed by atoms with van der Waals surface area (Å²) in [7, 11) is 0. The van der Waals surface area contributed by atoms with Crippen LogP contribution in [-0.2, 0) is 4.79 Å². The highest BCUT2D eigenvalue weighted by Gasteiger charge is 2.30. The zero-order valence-electron chi connectivity index (χ0n) is 17.0. The molecule has 2 fully saturated rings. The monoisotopic (exact) mass is 412 g/mol. The maximum atomic E-state index is 12.8. The average Bonchev–Trinajstić information content (AvgIpc) is 3.49. The van der Waals surface area contributed by atoms with Crippen molar-refractivity contribution < 1.29 is 14.1 Å². The topological polar surface area (TPSA) is 91.9 Å². The minimum Gasteiger partial charge on any atom is -0.468 e. The first kappa shape index (κ1) is 20.4. The first-order valence-corrected chi connectivity index (χ1v) is 10.7. The highest BCUT2D eigenvalue weighted by Crippen LogP contribution is 2.31. The summed E-state index contributed by atoms with van der Waals surface area (Å²) in [5.41, 5.74) is 0.751. The van der Waals surface area contributed by atoms with Gasteiger partial charge in [-0.05, 0) is 57.0 Å². The molecule has 0 radical (unpaired) electrons. The third-order valence-corrected chi connectivity index (χ3v) is 6.21. The number of benzene rings is 1. The maximum Gasteiger partial charge on any atom is 0.292 e. The van der Waals surface area contributed by atoms with Crippen molar-refractivity contribution in [2.75, 3.05) is 37.6 Å². The number of anilines is 1. The summed E-state index contributed by atoms with van der Waals surface area (Å²) in [6, 6.07) is 10.7. The molecule has 1 aromatic carbocycles. The van der Waals surface area contributed by atoms with E-state index >= 15 is 0 Å². The Morgan fingerprint density at radius 2 is 1.87 bits per heavy atom. The smallest absolute Gasteiger partial charge is 0.292 e. The van der Waals surface area contributed by atoms with Crippen LogP contribution in [0.4, 0.5) is 11.4 Å². The Morgan fingerprint density at radius 3 is 2.53 bits per heavy atom. The molecular weight excluding hydrogens is 384 g/mol. The number of nitrogens with zero attached hydrogens (tertiary/aromatic N) is 3. The molecule has 1 atom stereocenters. The highest BCUT2D eigenvalue weighted by atomic mass is 16.6. The lowest BCUT2D eigenvalue weighted by Gasteiger charge is -2.33. The van der Waals surface area contributed by atoms with Crippen molar-refractivity contribution in [2.45, 2.75) is 31.7 Å². The summed E-state index contributed by atoms with van der Waals surface area (Å²) in [5.74, 6) is 0.885. The van der Waals surface area contributed by atoms with Crippen molar-refractivity contribution in [3.63, 3.8) is 0 Å². The van der Waals surface area contributed by atoms with Gasteiger partial charge < -0.3 is 14.6 Å². The Bertz CT molecular complexity index is 856. The zero-order chi connectivity index (χ0) is 20.9. The second-order valence-electron chi connectivity index (χ2n) is 8.03. The minimum atomic E-state index is -0.346. The minimum absolute atomic E-state index is 0.0629. The molecule has 0 bridgehead atoms. The van der Waals surface area contributed by atoms with Crippen LogP contribution in [0.3, 0.4) is 0 Å². The number of para-hydroxylation sites is 2. The van der Waals surface area contributed by atoms with Gasteiger partial charge in [-0.25, -0.2) is 0 Å². The van der Waals surface area contributed by atoms with E-state index in [1.807, 2.05) is 23.1 Å². The number of furan rings is 1. The number of carbonyl (C=O) groups excluding carboxylic acids is 1. The van der Waals surface area contributed by atoms with E-state index in [1.165, 1.54) is 18.9 Å². The SMILES string of the molecule is O=C(NCC(c1ccco1)N1CCCC1)C1CCN(c2ccccc2[N+](=O)[O-])CC1. The maximum absolute atomic E-state index is 12.8. The van der Waals surface area contributed by atoms with E-state index in [0.717, 1.165) is 18.8 Å². The molecule has 1 amide bonds. The van der Waals surface area contributed by atoms with Gasteiger partial charge in [-0.1, -0.05) is 12.1 Å². The third kappa shape index (κ3) is 4.48. The van der Waals surface area contributed by atoms with Crippen molar-refractivity contribution in [1.82, 2.24) is 10.2 Å². The van der Waals surface area contributed by atoms with Crippen LogP contribution in [-0.4, -0.2) is 48.5 Å². The fourth-order valence-corrected chi connectivity index (χ4v) is 4.55. The standard InChI is InChI=1S/C22H28N4O4/c27-22(23-16-20(21-8-5-15-30-21)24-11-3-4-12-24)17-9-13-25(14-10-17)18-6-1-2-7-19(18)26(28)29/h1-2,5-8,15,17,20H,3-4,9-14,16H2,(H,23,27). The summed E-state index contributed by atoms with van der Waals surface area (Å²) in [4.78, 5) is 28.2. The molecule has 2 aromatic rings. The van der Waals surface area contributed by atoms with Gasteiger partial charge in [0.15, 0.2) is 0 Å². The summed E-state index contributed by atoms with van der Waals surface area (Å²) >= 11 is 0. The third-order valence-electron chi connectivity index (χ3n) is 6.21. The molecular formula is C22H28N4O4. The van der Waals surface area contributed by atoms with Crippen molar-refractivity contribution in [3.8, 4) is 0 Å². The summed E-state index contributed by atoms with van der Waals surface area (Å²) in [5, 5.41) is 14.4. The first-order chi connectivity index (χ1) is 14.6. The Balaban J connectivity index is 1.33. The Hall–Kier alpha value is -2.87. The number of hydrogen-bond acceptors (Lipinski definition) is 6. The number of carbonyl (C=O) groups is 1. The largest absolute Gasteiger partial charge is 0.468 e. The lowest BCUT2D eigenvalue weighted by Crippen LogP contribution is -2.43. The fraction of sp³-hybridized carbons (Fsp3) is 0.500. The van der Waals surface area contributed by atoms with Crippen molar-refractivity contribution in [1.29, 1.82) is 0 Å². The van der Waals surface area contributed by atoms with E-state index in [0.29, 0.717) is 38.2 Å². The van der Waals surface area contributed by atoms with E-state index in [9.17, 15) is 14.9 Å². The van der Waals surface area contributed by atoms with Crippen LogP contribution in [0.2, 0.25) is 0 Å². The van der Waals surface area contributed by atoms with Gasteiger partial charge in [0.05, 0.1) is 17.2 Å². The number of nitrogens with one attached hydrogen (secondary N) is 1. The number of piperidine rings is 1. The van der Waals surface area contributed by atoms with Crippen molar-refractivity contribution in [3.05, 3.63) is 58.5 Å². The van der Waals surface area contributed by atoms with Gasteiger partial charge in [0.25, 0.3) is 5.69 Å². The number of amides is 1. The zero-order valence-corrected chi connectivity index (χ0v) is 17.0. The molecule has 2 aliphatic rings. The molecule has 1 N–H and O–H groups in total. The van der Waals surface area contributed by atoms with Gasteiger partial charge in [-0.15, -0.1) is 0 Å². The summed E-state index contributed by atoms with van der Waals surface area (Å²) < 4.78 is 5.62. The Morgan fingerprint density at radius 1 is 1.13 bits per heavy atom. The molecule has 4 rings (SSSR count). The average molecular weight is 412 g/mol. The first-order valence-electron chi connectivity index (χ1n) is 10.7. The predicted molar refractivity (Wildman–Crippen MR) is 113 cm³/mol. The molecule has 8 nitrogen and oxygen atoms in total. The van der Waals surface area contributed by atoms with E-state index < -0.39 is 0 Å². The van der Waals surface area contributed by atoms with Gasteiger partial charge in [-0.2, -0.15) is 0 Å². The Kier molecular flexibility index (Phi) is 6.32. The second kappa shape index (κ2) is 9.30. The molecule has 0 spiro atoms. The van der Waals surface area contributed by atoms with Gasteiger partial charge in [0, 0.05) is 31.6 Å². The molecule has 2 saturated heterocycles. The van der Waals surface area contributed by atoms with Gasteiger partial charge in [0.1, 0.15) is 11.4 Å². The molecule has 30 heavy (non-hydrogen) atoms. The van der Waals surface area contributed by atoms with Gasteiger partial charge >= 0.3 is 0 Å². The number of nitro benzene ring substituents is 1. The van der Waals surface area contributed by atoms with Crippen molar-refractivity contribution in [2.24, 2.45) is 5.92 Å². The van der Waals surface area contributed by atoms with Crippen LogP contribution in [0.15, 0.2) is 47.1 Å². The normalized spacial score (nSPS) is 19.0. The Labute approximate surface area is 176 Å². The van der Waals surface area contributed by atoms with Gasteiger partial charge in [0.2, 0.25) is 5.91 Å². The van der Waals surface area contributed by atoms with Crippen LogP contribution >= 0.6 is 0 Å². The molecule has 1 unspecified atom stereocenters. The number of hydrogen-bond donors (Lipinski definition) is 1. The number of likely N-dealkylation sites (tertiary alicyclic amines) is 1. The lowest BCUT2D eigenvalue weighted by atomic mass is 9.95. The van der Waals surface area contributed by atoms with Crippen LogP contribution in [0.25, 0.3) is 0 Å². The van der Waals surface area contributed by atoms with Crippen LogP contribution < -0.4 is 10.2 Å². The molecule has 2 aliphatic heterocycles. The van der Waals surface area contributed by atoms with E-state index in [4.69, 9.17) is 4.42 Å². The summed E-state index contributed by atoms with van der Waals surface area (Å²) in [6.45, 7) is 3.86. The van der Waals surface area contributed by atoms with Crippen LogP contribution in [0, 0.1) is 16.0 Å².